The second kappa shape index (κ2) is 8.48. The summed E-state index contributed by atoms with van der Waals surface area (Å²) in [6, 6.07) is 0. The summed E-state index contributed by atoms with van der Waals surface area (Å²) in [5.74, 6) is 0.777. The highest BCUT2D eigenvalue weighted by molar-refractivity contribution is 4.56. The van der Waals surface area contributed by atoms with Crippen LogP contribution in [0.1, 0.15) is 20.3 Å². The molecule has 0 aromatic heterocycles. The minimum absolute atomic E-state index is 0.620. The molecular formula is C10H24N2O. The Balaban J connectivity index is 3.24. The van der Waals surface area contributed by atoms with Crippen molar-refractivity contribution >= 4 is 0 Å². The molecule has 0 heterocycles. The molecule has 0 saturated carbocycles. The third kappa shape index (κ3) is 8.22. The topological polar surface area (TPSA) is 38.5 Å². The van der Waals surface area contributed by atoms with E-state index in [0.717, 1.165) is 25.6 Å². The SMILES string of the molecule is CCC(C)CN(C)CCOCCN. The molecule has 0 aromatic carbocycles. The zero-order valence-corrected chi connectivity index (χ0v) is 9.25. The first-order valence-electron chi connectivity index (χ1n) is 5.17. The molecule has 0 amide bonds. The van der Waals surface area contributed by atoms with E-state index < -0.39 is 0 Å². The molecule has 13 heavy (non-hydrogen) atoms. The van der Waals surface area contributed by atoms with Crippen LogP contribution in [0.4, 0.5) is 0 Å². The van der Waals surface area contributed by atoms with Crippen molar-refractivity contribution in [2.45, 2.75) is 20.3 Å². The monoisotopic (exact) mass is 188 g/mol. The second-order valence-corrected chi connectivity index (χ2v) is 3.68. The van der Waals surface area contributed by atoms with Gasteiger partial charge in [0.2, 0.25) is 0 Å². The fourth-order valence-corrected chi connectivity index (χ4v) is 1.16. The largest absolute Gasteiger partial charge is 0.379 e. The van der Waals surface area contributed by atoms with Gasteiger partial charge in [-0.2, -0.15) is 0 Å². The quantitative estimate of drug-likeness (QED) is 0.576. The Morgan fingerprint density at radius 1 is 1.38 bits per heavy atom. The molecule has 3 heteroatoms. The van der Waals surface area contributed by atoms with E-state index in [1.54, 1.807) is 0 Å². The summed E-state index contributed by atoms with van der Waals surface area (Å²) in [6.45, 7) is 8.75. The fourth-order valence-electron chi connectivity index (χ4n) is 1.16. The van der Waals surface area contributed by atoms with E-state index in [1.807, 2.05) is 0 Å². The van der Waals surface area contributed by atoms with E-state index in [2.05, 4.69) is 25.8 Å². The van der Waals surface area contributed by atoms with Crippen molar-refractivity contribution in [1.82, 2.24) is 4.90 Å². The second-order valence-electron chi connectivity index (χ2n) is 3.68. The Hall–Kier alpha value is -0.120. The summed E-state index contributed by atoms with van der Waals surface area (Å²) in [5, 5.41) is 0. The van der Waals surface area contributed by atoms with Crippen molar-refractivity contribution in [2.24, 2.45) is 11.7 Å². The maximum absolute atomic E-state index is 5.31. The average molecular weight is 188 g/mol. The van der Waals surface area contributed by atoms with Gasteiger partial charge in [0.1, 0.15) is 0 Å². The Labute approximate surface area is 82.2 Å². The summed E-state index contributed by atoms with van der Waals surface area (Å²) in [7, 11) is 2.14. The smallest absolute Gasteiger partial charge is 0.0593 e. The first kappa shape index (κ1) is 12.9. The number of rotatable bonds is 8. The highest BCUT2D eigenvalue weighted by Gasteiger charge is 2.03. The number of likely N-dealkylation sites (N-methyl/N-ethyl adjacent to an activating group) is 1. The lowest BCUT2D eigenvalue weighted by molar-refractivity contribution is 0.113. The van der Waals surface area contributed by atoms with Crippen LogP contribution in [0.5, 0.6) is 0 Å². The van der Waals surface area contributed by atoms with Gasteiger partial charge in [-0.25, -0.2) is 0 Å². The molecule has 0 aliphatic carbocycles. The van der Waals surface area contributed by atoms with Crippen molar-refractivity contribution in [1.29, 1.82) is 0 Å². The van der Waals surface area contributed by atoms with E-state index in [9.17, 15) is 0 Å². The molecule has 1 unspecified atom stereocenters. The first-order valence-corrected chi connectivity index (χ1v) is 5.17. The van der Waals surface area contributed by atoms with Gasteiger partial charge in [0.15, 0.2) is 0 Å². The Kier molecular flexibility index (Phi) is 8.40. The molecule has 0 radical (unpaired) electrons. The molecule has 0 aliphatic heterocycles. The van der Waals surface area contributed by atoms with Crippen LogP contribution in [-0.2, 0) is 4.74 Å². The lowest BCUT2D eigenvalue weighted by Crippen LogP contribution is -2.28. The van der Waals surface area contributed by atoms with Crippen LogP contribution in [0.15, 0.2) is 0 Å². The molecular weight excluding hydrogens is 164 g/mol. The van der Waals surface area contributed by atoms with Crippen molar-refractivity contribution in [2.75, 3.05) is 39.9 Å². The van der Waals surface area contributed by atoms with Gasteiger partial charge in [-0.1, -0.05) is 20.3 Å². The number of hydrogen-bond donors (Lipinski definition) is 1. The van der Waals surface area contributed by atoms with E-state index in [0.29, 0.717) is 13.2 Å². The maximum atomic E-state index is 5.31. The van der Waals surface area contributed by atoms with Gasteiger partial charge in [0.05, 0.1) is 13.2 Å². The van der Waals surface area contributed by atoms with Gasteiger partial charge in [-0.05, 0) is 13.0 Å². The molecule has 80 valence electrons. The highest BCUT2D eigenvalue weighted by atomic mass is 16.5. The highest BCUT2D eigenvalue weighted by Crippen LogP contribution is 2.01. The standard InChI is InChI=1S/C10H24N2O/c1-4-10(2)9-12(3)6-8-13-7-5-11/h10H,4-9,11H2,1-3H3. The summed E-state index contributed by atoms with van der Waals surface area (Å²) in [4.78, 5) is 2.31. The van der Waals surface area contributed by atoms with Crippen LogP contribution in [-0.4, -0.2) is 44.8 Å². The van der Waals surface area contributed by atoms with E-state index in [-0.39, 0.29) is 0 Å². The van der Waals surface area contributed by atoms with Crippen molar-refractivity contribution in [3.05, 3.63) is 0 Å². The van der Waals surface area contributed by atoms with Crippen LogP contribution in [0, 0.1) is 5.92 Å². The molecule has 0 bridgehead atoms. The Morgan fingerprint density at radius 2 is 2.08 bits per heavy atom. The van der Waals surface area contributed by atoms with Crippen molar-refractivity contribution in [3.8, 4) is 0 Å². The minimum Gasteiger partial charge on any atom is -0.379 e. The number of nitrogens with two attached hydrogens (primary N) is 1. The molecule has 0 spiro atoms. The normalized spacial score (nSPS) is 13.6. The van der Waals surface area contributed by atoms with Gasteiger partial charge in [-0.15, -0.1) is 0 Å². The zero-order chi connectivity index (χ0) is 10.1. The van der Waals surface area contributed by atoms with Gasteiger partial charge < -0.3 is 15.4 Å². The lowest BCUT2D eigenvalue weighted by atomic mass is 10.1. The van der Waals surface area contributed by atoms with E-state index >= 15 is 0 Å². The van der Waals surface area contributed by atoms with Gasteiger partial charge in [0.25, 0.3) is 0 Å². The first-order chi connectivity index (χ1) is 6.20. The van der Waals surface area contributed by atoms with Gasteiger partial charge >= 0.3 is 0 Å². The number of nitrogens with zero attached hydrogens (tertiary/aromatic N) is 1. The third-order valence-corrected chi connectivity index (χ3v) is 2.20. The van der Waals surface area contributed by atoms with E-state index in [1.165, 1.54) is 6.42 Å². The van der Waals surface area contributed by atoms with Crippen LogP contribution >= 0.6 is 0 Å². The van der Waals surface area contributed by atoms with Gasteiger partial charge in [-0.3, -0.25) is 0 Å². The third-order valence-electron chi connectivity index (χ3n) is 2.20. The molecule has 0 fully saturated rings. The van der Waals surface area contributed by atoms with Crippen LogP contribution in [0.3, 0.4) is 0 Å². The van der Waals surface area contributed by atoms with Crippen molar-refractivity contribution < 1.29 is 4.74 Å². The zero-order valence-electron chi connectivity index (χ0n) is 9.25. The summed E-state index contributed by atoms with van der Waals surface area (Å²) < 4.78 is 5.30. The molecule has 0 saturated heterocycles. The minimum atomic E-state index is 0.620. The predicted molar refractivity (Wildman–Crippen MR) is 56.8 cm³/mol. The summed E-state index contributed by atoms with van der Waals surface area (Å²) in [5.41, 5.74) is 5.31. The van der Waals surface area contributed by atoms with E-state index in [4.69, 9.17) is 10.5 Å². The molecule has 0 aliphatic rings. The Morgan fingerprint density at radius 3 is 2.62 bits per heavy atom. The van der Waals surface area contributed by atoms with Crippen LogP contribution < -0.4 is 5.73 Å². The number of ether oxygens (including phenoxy) is 1. The Bertz CT molecular complexity index is 109. The van der Waals surface area contributed by atoms with Crippen LogP contribution in [0.25, 0.3) is 0 Å². The molecule has 3 nitrogen and oxygen atoms in total. The molecule has 0 rings (SSSR count). The molecule has 1 atom stereocenters. The van der Waals surface area contributed by atoms with Crippen LogP contribution in [0.2, 0.25) is 0 Å². The molecule has 2 N–H and O–H groups in total. The maximum Gasteiger partial charge on any atom is 0.0593 e. The fraction of sp³-hybridized carbons (Fsp3) is 1.00. The molecule has 0 aromatic rings. The lowest BCUT2D eigenvalue weighted by Gasteiger charge is -2.20. The van der Waals surface area contributed by atoms with Gasteiger partial charge in [0, 0.05) is 19.6 Å². The average Bonchev–Trinajstić information content (AvgIpc) is 2.12. The summed E-state index contributed by atoms with van der Waals surface area (Å²) >= 11 is 0. The number of hydrogen-bond acceptors (Lipinski definition) is 3. The summed E-state index contributed by atoms with van der Waals surface area (Å²) in [6.07, 6.45) is 1.24. The van der Waals surface area contributed by atoms with Crippen molar-refractivity contribution in [3.63, 3.8) is 0 Å². The predicted octanol–water partition coefficient (Wildman–Crippen LogP) is 0.940.